The average Bonchev–Trinajstić information content (AvgIpc) is 2.76. The number of hydrogen-bond donors (Lipinski definition) is 0. The molecule has 0 bridgehead atoms. The fourth-order valence-corrected chi connectivity index (χ4v) is 2.61. The van der Waals surface area contributed by atoms with Crippen LogP contribution in [-0.2, 0) is 11.3 Å². The molecule has 1 aromatic carbocycles. The number of esters is 1. The van der Waals surface area contributed by atoms with Crippen LogP contribution in [0.3, 0.4) is 0 Å². The topological polar surface area (TPSA) is 31.2 Å². The first-order valence-electron chi connectivity index (χ1n) is 8.09. The highest BCUT2D eigenvalue weighted by atomic mass is 16.6. The Kier molecular flexibility index (Phi) is 4.94. The minimum absolute atomic E-state index is 0.242. The summed E-state index contributed by atoms with van der Waals surface area (Å²) in [6.07, 6.45) is 2.21. The summed E-state index contributed by atoms with van der Waals surface area (Å²) in [6, 6.07) is 10.1. The summed E-state index contributed by atoms with van der Waals surface area (Å²) in [6.45, 7) is 11.0. The number of para-hydroxylation sites is 1. The Bertz CT molecular complexity index is 647. The monoisotopic (exact) mass is 301 g/mol. The molecule has 0 fully saturated rings. The van der Waals surface area contributed by atoms with Gasteiger partial charge in [0.15, 0.2) is 0 Å². The van der Waals surface area contributed by atoms with E-state index in [1.807, 2.05) is 45.0 Å². The normalized spacial score (nSPS) is 12.1. The van der Waals surface area contributed by atoms with Crippen molar-refractivity contribution in [2.75, 3.05) is 0 Å². The summed E-state index contributed by atoms with van der Waals surface area (Å²) in [4.78, 5) is 12.5. The lowest BCUT2D eigenvalue weighted by Crippen LogP contribution is -2.25. The van der Waals surface area contributed by atoms with Crippen LogP contribution >= 0.6 is 0 Å². The third-order valence-corrected chi connectivity index (χ3v) is 3.58. The zero-order valence-corrected chi connectivity index (χ0v) is 14.3. The first kappa shape index (κ1) is 16.6. The van der Waals surface area contributed by atoms with Gasteiger partial charge in [-0.2, -0.15) is 0 Å². The maximum Gasteiger partial charge on any atom is 0.355 e. The fourth-order valence-electron chi connectivity index (χ4n) is 2.61. The molecular formula is C19H27NO2. The predicted molar refractivity (Wildman–Crippen MR) is 91.2 cm³/mol. The molecule has 1 heterocycles. The van der Waals surface area contributed by atoms with E-state index in [1.54, 1.807) is 0 Å². The highest BCUT2D eigenvalue weighted by Gasteiger charge is 2.22. The minimum Gasteiger partial charge on any atom is -0.455 e. The van der Waals surface area contributed by atoms with Gasteiger partial charge in [-0.1, -0.05) is 32.0 Å². The van der Waals surface area contributed by atoms with Crippen LogP contribution in [0.5, 0.6) is 0 Å². The van der Waals surface area contributed by atoms with Crippen molar-refractivity contribution < 1.29 is 9.53 Å². The standard InChI is InChI=1S/C19H27NO2/c1-14(2)9-8-12-20-16-11-7-6-10-15(16)13-17(20)18(21)22-19(3,4)5/h6-7,10-11,13-14H,8-9,12H2,1-5H3. The van der Waals surface area contributed by atoms with E-state index in [0.29, 0.717) is 11.6 Å². The molecule has 0 aliphatic rings. The van der Waals surface area contributed by atoms with Gasteiger partial charge in [0.2, 0.25) is 0 Å². The van der Waals surface area contributed by atoms with Crippen LogP contribution in [0.15, 0.2) is 30.3 Å². The van der Waals surface area contributed by atoms with Crippen molar-refractivity contribution in [2.24, 2.45) is 5.92 Å². The molecule has 3 heteroatoms. The molecule has 0 radical (unpaired) electrons. The van der Waals surface area contributed by atoms with E-state index in [-0.39, 0.29) is 5.97 Å². The molecule has 0 N–H and O–H groups in total. The minimum atomic E-state index is -0.476. The van der Waals surface area contributed by atoms with E-state index in [2.05, 4.69) is 24.5 Å². The summed E-state index contributed by atoms with van der Waals surface area (Å²) >= 11 is 0. The SMILES string of the molecule is CC(C)CCCn1c(C(=O)OC(C)(C)C)cc2ccccc21. The number of aromatic nitrogens is 1. The van der Waals surface area contributed by atoms with Crippen molar-refractivity contribution in [3.63, 3.8) is 0 Å². The molecule has 0 saturated heterocycles. The van der Waals surface area contributed by atoms with Gasteiger partial charge in [-0.15, -0.1) is 0 Å². The molecule has 0 aliphatic heterocycles. The number of aryl methyl sites for hydroxylation is 1. The summed E-state index contributed by atoms with van der Waals surface area (Å²) in [7, 11) is 0. The predicted octanol–water partition coefficient (Wildman–Crippen LogP) is 5.03. The lowest BCUT2D eigenvalue weighted by molar-refractivity contribution is 0.00580. The summed E-state index contributed by atoms with van der Waals surface area (Å²) in [5, 5.41) is 1.09. The molecule has 3 nitrogen and oxygen atoms in total. The molecule has 0 atom stereocenters. The third kappa shape index (κ3) is 4.12. The molecule has 0 aliphatic carbocycles. The van der Waals surface area contributed by atoms with Gasteiger partial charge in [0.25, 0.3) is 0 Å². The molecule has 2 rings (SSSR count). The highest BCUT2D eigenvalue weighted by Crippen LogP contribution is 2.23. The van der Waals surface area contributed by atoms with Gasteiger partial charge in [0.05, 0.1) is 0 Å². The zero-order valence-electron chi connectivity index (χ0n) is 14.3. The van der Waals surface area contributed by atoms with Crippen LogP contribution in [0.2, 0.25) is 0 Å². The van der Waals surface area contributed by atoms with E-state index in [0.717, 1.165) is 30.3 Å². The van der Waals surface area contributed by atoms with Gasteiger partial charge >= 0.3 is 5.97 Å². The van der Waals surface area contributed by atoms with Crippen molar-refractivity contribution >= 4 is 16.9 Å². The Morgan fingerprint density at radius 3 is 2.55 bits per heavy atom. The van der Waals surface area contributed by atoms with Crippen molar-refractivity contribution in [3.8, 4) is 0 Å². The smallest absolute Gasteiger partial charge is 0.355 e. The van der Waals surface area contributed by atoms with Gasteiger partial charge < -0.3 is 9.30 Å². The number of nitrogens with zero attached hydrogens (tertiary/aromatic N) is 1. The molecule has 0 saturated carbocycles. The van der Waals surface area contributed by atoms with Gasteiger partial charge in [-0.3, -0.25) is 0 Å². The molecule has 0 spiro atoms. The van der Waals surface area contributed by atoms with Crippen LogP contribution in [0.4, 0.5) is 0 Å². The summed E-state index contributed by atoms with van der Waals surface area (Å²) in [5.41, 5.74) is 1.28. The second kappa shape index (κ2) is 6.55. The van der Waals surface area contributed by atoms with Crippen molar-refractivity contribution in [1.29, 1.82) is 0 Å². The maximum atomic E-state index is 12.5. The first-order valence-corrected chi connectivity index (χ1v) is 8.09. The highest BCUT2D eigenvalue weighted by molar-refractivity contribution is 5.95. The van der Waals surface area contributed by atoms with Crippen LogP contribution in [0, 0.1) is 5.92 Å². The number of ether oxygens (including phenoxy) is 1. The van der Waals surface area contributed by atoms with Crippen LogP contribution < -0.4 is 0 Å². The largest absolute Gasteiger partial charge is 0.455 e. The number of carbonyl (C=O) groups is 1. The van der Waals surface area contributed by atoms with E-state index in [9.17, 15) is 4.79 Å². The van der Waals surface area contributed by atoms with Crippen LogP contribution in [-0.4, -0.2) is 16.1 Å². The molecular weight excluding hydrogens is 274 g/mol. The number of rotatable bonds is 5. The van der Waals surface area contributed by atoms with Crippen LogP contribution in [0.1, 0.15) is 57.9 Å². The van der Waals surface area contributed by atoms with Gasteiger partial charge in [-0.05, 0) is 51.7 Å². The van der Waals surface area contributed by atoms with E-state index in [4.69, 9.17) is 4.74 Å². The number of hydrogen-bond acceptors (Lipinski definition) is 2. The molecule has 0 unspecified atom stereocenters. The zero-order chi connectivity index (χ0) is 16.3. The Labute approximate surface area is 133 Å². The second-order valence-electron chi connectivity index (χ2n) is 7.28. The quantitative estimate of drug-likeness (QED) is 0.725. The first-order chi connectivity index (χ1) is 10.3. The van der Waals surface area contributed by atoms with E-state index < -0.39 is 5.60 Å². The molecule has 2 aromatic rings. The van der Waals surface area contributed by atoms with Crippen molar-refractivity contribution in [1.82, 2.24) is 4.57 Å². The van der Waals surface area contributed by atoms with Crippen LogP contribution in [0.25, 0.3) is 10.9 Å². The molecule has 1 aromatic heterocycles. The average molecular weight is 301 g/mol. The maximum absolute atomic E-state index is 12.5. The number of benzene rings is 1. The van der Waals surface area contributed by atoms with Crippen molar-refractivity contribution in [2.45, 2.75) is 59.6 Å². The van der Waals surface area contributed by atoms with Gasteiger partial charge in [0.1, 0.15) is 11.3 Å². The lowest BCUT2D eigenvalue weighted by Gasteiger charge is -2.20. The van der Waals surface area contributed by atoms with E-state index >= 15 is 0 Å². The Balaban J connectivity index is 2.33. The second-order valence-corrected chi connectivity index (χ2v) is 7.28. The lowest BCUT2D eigenvalue weighted by atomic mass is 10.1. The Hall–Kier alpha value is -1.77. The molecule has 0 amide bonds. The third-order valence-electron chi connectivity index (χ3n) is 3.58. The summed E-state index contributed by atoms with van der Waals surface area (Å²) in [5.74, 6) is 0.431. The van der Waals surface area contributed by atoms with Gasteiger partial charge in [0, 0.05) is 17.4 Å². The van der Waals surface area contributed by atoms with Gasteiger partial charge in [-0.25, -0.2) is 4.79 Å². The summed E-state index contributed by atoms with van der Waals surface area (Å²) < 4.78 is 7.66. The van der Waals surface area contributed by atoms with E-state index in [1.165, 1.54) is 0 Å². The number of carbonyl (C=O) groups excluding carboxylic acids is 1. The molecule has 22 heavy (non-hydrogen) atoms. The number of fused-ring (bicyclic) bond motifs is 1. The fraction of sp³-hybridized carbons (Fsp3) is 0.526. The Morgan fingerprint density at radius 1 is 1.23 bits per heavy atom. The Morgan fingerprint density at radius 2 is 1.91 bits per heavy atom. The molecule has 120 valence electrons. The van der Waals surface area contributed by atoms with Crippen molar-refractivity contribution in [3.05, 3.63) is 36.0 Å².